The van der Waals surface area contributed by atoms with Crippen molar-refractivity contribution in [2.45, 2.75) is 46.6 Å². The van der Waals surface area contributed by atoms with Crippen LogP contribution in [0.5, 0.6) is 0 Å². The number of aliphatic hydroxyl groups excluding tert-OH is 1. The van der Waals surface area contributed by atoms with E-state index in [1.165, 1.54) is 5.56 Å². The van der Waals surface area contributed by atoms with Crippen LogP contribution < -0.4 is 0 Å². The van der Waals surface area contributed by atoms with Gasteiger partial charge >= 0.3 is 0 Å². The minimum atomic E-state index is -0.0223. The van der Waals surface area contributed by atoms with Gasteiger partial charge in [-0.3, -0.25) is 4.68 Å². The van der Waals surface area contributed by atoms with E-state index in [-0.39, 0.29) is 16.9 Å². The Bertz CT molecular complexity index is 768. The summed E-state index contributed by atoms with van der Waals surface area (Å²) in [5.41, 5.74) is 3.61. The smallest absolute Gasteiger partial charge is 0.237 e. The van der Waals surface area contributed by atoms with Crippen molar-refractivity contribution in [1.29, 1.82) is 0 Å². The Kier molecular flexibility index (Phi) is 4.60. The second-order valence-corrected chi connectivity index (χ2v) is 6.62. The van der Waals surface area contributed by atoms with Crippen LogP contribution in [0.3, 0.4) is 0 Å². The lowest BCUT2D eigenvalue weighted by Gasteiger charge is -2.19. The predicted molar refractivity (Wildman–Crippen MR) is 93.8 cm³/mol. The van der Waals surface area contributed by atoms with Gasteiger partial charge in [0.05, 0.1) is 18.0 Å². The molecular formula is C19H23N3O. The fraction of sp³-hybridized carbons (Fsp3) is 0.368. The van der Waals surface area contributed by atoms with E-state index < -0.39 is 0 Å². The highest BCUT2D eigenvalue weighted by Crippen LogP contribution is 2.29. The number of benzene rings is 1. The van der Waals surface area contributed by atoms with Gasteiger partial charge in [0.25, 0.3) is 0 Å². The molecule has 2 rings (SSSR count). The Morgan fingerprint density at radius 2 is 1.87 bits per heavy atom. The summed E-state index contributed by atoms with van der Waals surface area (Å²) in [4.78, 5) is 3.55. The van der Waals surface area contributed by atoms with Crippen molar-refractivity contribution in [2.24, 2.45) is 0 Å². The molecule has 0 atom stereocenters. The van der Waals surface area contributed by atoms with Crippen LogP contribution in [-0.2, 0) is 12.0 Å². The summed E-state index contributed by atoms with van der Waals surface area (Å²) < 4.78 is 1.71. The molecule has 0 saturated carbocycles. The molecule has 2 aromatic rings. The molecule has 4 nitrogen and oxygen atoms in total. The summed E-state index contributed by atoms with van der Waals surface area (Å²) in [7, 11) is 0. The average molecular weight is 309 g/mol. The van der Waals surface area contributed by atoms with Crippen molar-refractivity contribution >= 4 is 11.5 Å². The van der Waals surface area contributed by atoms with E-state index in [4.69, 9.17) is 6.57 Å². The van der Waals surface area contributed by atoms with Gasteiger partial charge in [0.1, 0.15) is 5.76 Å². The van der Waals surface area contributed by atoms with Crippen molar-refractivity contribution in [3.05, 3.63) is 64.3 Å². The number of aromatic nitrogens is 2. The Hall–Kier alpha value is -2.54. The second kappa shape index (κ2) is 6.29. The van der Waals surface area contributed by atoms with Crippen LogP contribution in [0, 0.1) is 13.5 Å². The van der Waals surface area contributed by atoms with Crippen LogP contribution >= 0.6 is 0 Å². The van der Waals surface area contributed by atoms with Gasteiger partial charge < -0.3 is 5.11 Å². The lowest BCUT2D eigenvalue weighted by molar-refractivity contribution is 0.497. The lowest BCUT2D eigenvalue weighted by Crippen LogP contribution is -2.10. The summed E-state index contributed by atoms with van der Waals surface area (Å²) >= 11 is 0. The van der Waals surface area contributed by atoms with Crippen LogP contribution in [0.1, 0.15) is 50.2 Å². The molecule has 0 aliphatic rings. The molecule has 0 saturated heterocycles. The van der Waals surface area contributed by atoms with Crippen molar-refractivity contribution in [2.75, 3.05) is 0 Å². The molecule has 0 amide bonds. The van der Waals surface area contributed by atoms with E-state index in [0.29, 0.717) is 17.8 Å². The molecule has 0 unspecified atom stereocenters. The molecule has 1 N–H and O–H groups in total. The predicted octanol–water partition coefficient (Wildman–Crippen LogP) is 4.81. The third-order valence-corrected chi connectivity index (χ3v) is 3.80. The maximum absolute atomic E-state index is 10.6. The third kappa shape index (κ3) is 3.45. The summed E-state index contributed by atoms with van der Waals surface area (Å²) in [5.74, 6) is -0.0223. The number of aryl methyl sites for hydroxylation is 2. The Morgan fingerprint density at radius 3 is 2.35 bits per heavy atom. The largest absolute Gasteiger partial charge is 0.517 e. The molecular weight excluding hydrogens is 286 g/mol. The zero-order chi connectivity index (χ0) is 17.2. The topological polar surface area (TPSA) is 42.4 Å². The summed E-state index contributed by atoms with van der Waals surface area (Å²) in [6.07, 6.45) is 0. The van der Waals surface area contributed by atoms with Gasteiger partial charge in [-0.2, -0.15) is 5.10 Å². The van der Waals surface area contributed by atoms with E-state index in [1.807, 2.05) is 38.1 Å². The van der Waals surface area contributed by atoms with Gasteiger partial charge in [0.15, 0.2) is 0 Å². The van der Waals surface area contributed by atoms with Gasteiger partial charge in [-0.1, -0.05) is 45.0 Å². The van der Waals surface area contributed by atoms with Crippen molar-refractivity contribution in [1.82, 2.24) is 9.78 Å². The molecule has 23 heavy (non-hydrogen) atoms. The molecule has 1 aromatic heterocycles. The number of aliphatic hydroxyl groups is 1. The van der Waals surface area contributed by atoms with E-state index in [9.17, 15) is 5.11 Å². The maximum atomic E-state index is 10.6. The quantitative estimate of drug-likeness (QED) is 0.653. The molecule has 0 spiro atoms. The molecule has 1 aromatic carbocycles. The first-order valence-corrected chi connectivity index (χ1v) is 7.74. The summed E-state index contributed by atoms with van der Waals surface area (Å²) in [5, 5.41) is 14.9. The van der Waals surface area contributed by atoms with Crippen LogP contribution in [0.2, 0.25) is 0 Å². The van der Waals surface area contributed by atoms with Gasteiger partial charge in [-0.05, 0) is 36.5 Å². The first-order valence-electron chi connectivity index (χ1n) is 7.74. The minimum Gasteiger partial charge on any atom is -0.517 e. The highest BCUT2D eigenvalue weighted by molar-refractivity contribution is 5.89. The third-order valence-electron chi connectivity index (χ3n) is 3.80. The van der Waals surface area contributed by atoms with E-state index >= 15 is 0 Å². The van der Waals surface area contributed by atoms with Crippen molar-refractivity contribution < 1.29 is 5.11 Å². The highest BCUT2D eigenvalue weighted by atomic mass is 16.3. The van der Waals surface area contributed by atoms with Gasteiger partial charge in [0, 0.05) is 6.54 Å². The molecule has 0 aliphatic carbocycles. The van der Waals surface area contributed by atoms with Crippen LogP contribution in [0.25, 0.3) is 16.3 Å². The molecule has 0 aliphatic heterocycles. The molecule has 120 valence electrons. The number of rotatable bonds is 3. The summed E-state index contributed by atoms with van der Waals surface area (Å²) in [6, 6.07) is 9.60. The van der Waals surface area contributed by atoms with Crippen molar-refractivity contribution in [3.8, 4) is 0 Å². The molecule has 1 heterocycles. The Balaban J connectivity index is 2.52. The average Bonchev–Trinajstić information content (AvgIpc) is 2.88. The lowest BCUT2D eigenvalue weighted by atomic mass is 9.86. The fourth-order valence-electron chi connectivity index (χ4n) is 2.48. The van der Waals surface area contributed by atoms with E-state index in [2.05, 4.69) is 30.7 Å². The molecule has 0 fully saturated rings. The van der Waals surface area contributed by atoms with Crippen molar-refractivity contribution in [3.63, 3.8) is 0 Å². The van der Waals surface area contributed by atoms with E-state index in [0.717, 1.165) is 5.69 Å². The van der Waals surface area contributed by atoms with Crippen LogP contribution in [0.4, 0.5) is 0 Å². The second-order valence-electron chi connectivity index (χ2n) is 6.62. The minimum absolute atomic E-state index is 0.0223. The van der Waals surface area contributed by atoms with E-state index in [1.54, 1.807) is 10.7 Å². The highest BCUT2D eigenvalue weighted by Gasteiger charge is 2.17. The zero-order valence-electron chi connectivity index (χ0n) is 14.4. The zero-order valence-corrected chi connectivity index (χ0v) is 14.4. The summed E-state index contributed by atoms with van der Waals surface area (Å²) in [6.45, 7) is 18.4. The molecule has 4 heteroatoms. The monoisotopic (exact) mass is 309 g/mol. The first-order chi connectivity index (χ1) is 10.8. The van der Waals surface area contributed by atoms with Crippen LogP contribution in [0.15, 0.2) is 30.3 Å². The number of hydrogen-bond donors (Lipinski definition) is 1. The van der Waals surface area contributed by atoms with Gasteiger partial charge in [-0.15, -0.1) is 0 Å². The molecule has 0 bridgehead atoms. The SMILES string of the molecule is [C-]#[N+]/C(=C(/O)c1cc(C)nn1CC)c1ccc(C(C)(C)C)cc1. The van der Waals surface area contributed by atoms with Gasteiger partial charge in [-0.25, -0.2) is 4.85 Å². The standard InChI is InChI=1S/C19H23N3O/c1-7-22-16(12-13(2)21-22)18(23)17(20-6)14-8-10-15(11-9-14)19(3,4)5/h8-12,23H,7H2,1-5H3/b18-17+. The van der Waals surface area contributed by atoms with Gasteiger partial charge in [0.2, 0.25) is 5.70 Å². The Labute approximate surface area is 137 Å². The first kappa shape index (κ1) is 16.8. The maximum Gasteiger partial charge on any atom is 0.237 e. The number of nitrogens with zero attached hydrogens (tertiary/aromatic N) is 3. The van der Waals surface area contributed by atoms with Crippen LogP contribution in [-0.4, -0.2) is 14.9 Å². The number of hydrogen-bond acceptors (Lipinski definition) is 2. The molecule has 0 radical (unpaired) electrons. The Morgan fingerprint density at radius 1 is 1.26 bits per heavy atom. The fourth-order valence-corrected chi connectivity index (χ4v) is 2.48. The normalized spacial score (nSPS) is 12.7.